The number of carbonyl (C=O) groups excluding carboxylic acids is 2. The average molecular weight is 350 g/mol. The third-order valence-corrected chi connectivity index (χ3v) is 3.86. The summed E-state index contributed by atoms with van der Waals surface area (Å²) in [6, 6.07) is 14.2. The molecule has 3 aromatic rings. The largest absolute Gasteiger partial charge is 0.493 e. The molecule has 0 saturated heterocycles. The zero-order valence-electron chi connectivity index (χ0n) is 14.5. The van der Waals surface area contributed by atoms with E-state index in [1.807, 2.05) is 31.2 Å². The number of hydrogen-bond acceptors (Lipinski definition) is 5. The lowest BCUT2D eigenvalue weighted by Crippen LogP contribution is -2.16. The summed E-state index contributed by atoms with van der Waals surface area (Å²) in [6.45, 7) is 2.44. The highest BCUT2D eigenvalue weighted by Crippen LogP contribution is 2.29. The molecule has 26 heavy (non-hydrogen) atoms. The molecular formula is C20H18N2O4. The number of anilines is 1. The van der Waals surface area contributed by atoms with Crippen molar-refractivity contribution in [1.82, 2.24) is 4.98 Å². The Labute approximate surface area is 150 Å². The molecule has 1 heterocycles. The molecular weight excluding hydrogens is 332 g/mol. The highest BCUT2D eigenvalue weighted by atomic mass is 16.5. The Hall–Kier alpha value is -3.41. The number of nitrogens with one attached hydrogen (secondary N) is 1. The highest BCUT2D eigenvalue weighted by molar-refractivity contribution is 6.15. The van der Waals surface area contributed by atoms with Crippen LogP contribution in [0, 0.1) is 0 Å². The molecule has 2 aromatic carbocycles. The van der Waals surface area contributed by atoms with E-state index in [0.29, 0.717) is 17.9 Å². The van der Waals surface area contributed by atoms with E-state index in [0.717, 1.165) is 16.5 Å². The molecule has 1 amide bonds. The number of hydrogen-bond donors (Lipinski definition) is 1. The van der Waals surface area contributed by atoms with Gasteiger partial charge in [-0.05, 0) is 36.6 Å². The zero-order chi connectivity index (χ0) is 18.5. The van der Waals surface area contributed by atoms with Crippen molar-refractivity contribution in [3.63, 3.8) is 0 Å². The summed E-state index contributed by atoms with van der Waals surface area (Å²) in [4.78, 5) is 28.6. The number of methoxy groups -OCH3 is 1. The molecule has 0 unspecified atom stereocenters. The molecule has 0 atom stereocenters. The lowest BCUT2D eigenvalue weighted by molar-refractivity contribution is 0.0595. The molecule has 0 spiro atoms. The fourth-order valence-corrected chi connectivity index (χ4v) is 2.71. The summed E-state index contributed by atoms with van der Waals surface area (Å²) < 4.78 is 10.3. The molecule has 0 bridgehead atoms. The molecule has 0 aliphatic rings. The molecule has 1 aromatic heterocycles. The first-order chi connectivity index (χ1) is 12.7. The summed E-state index contributed by atoms with van der Waals surface area (Å²) in [7, 11) is 1.27. The van der Waals surface area contributed by atoms with Crippen molar-refractivity contribution in [2.75, 3.05) is 19.0 Å². The van der Waals surface area contributed by atoms with Crippen LogP contribution in [0.2, 0.25) is 0 Å². The van der Waals surface area contributed by atoms with Crippen molar-refractivity contribution in [3.8, 4) is 5.75 Å². The standard InChI is InChI=1S/C20H18N2O4/c1-3-26-17-11-10-15(13-7-4-5-8-14(13)17)19(23)22-16-9-6-12-21-18(16)20(24)25-2/h4-12H,3H2,1-2H3,(H,22,23). The predicted molar refractivity (Wildman–Crippen MR) is 98.6 cm³/mol. The van der Waals surface area contributed by atoms with Gasteiger partial charge in [-0.2, -0.15) is 0 Å². The van der Waals surface area contributed by atoms with E-state index in [9.17, 15) is 9.59 Å². The number of nitrogens with zero attached hydrogens (tertiary/aromatic N) is 1. The lowest BCUT2D eigenvalue weighted by Gasteiger charge is -2.13. The van der Waals surface area contributed by atoms with Gasteiger partial charge >= 0.3 is 5.97 Å². The van der Waals surface area contributed by atoms with Crippen molar-refractivity contribution in [2.45, 2.75) is 6.92 Å². The molecule has 132 valence electrons. The van der Waals surface area contributed by atoms with Crippen molar-refractivity contribution in [1.29, 1.82) is 0 Å². The third-order valence-electron chi connectivity index (χ3n) is 3.86. The first-order valence-corrected chi connectivity index (χ1v) is 8.15. The van der Waals surface area contributed by atoms with Crippen LogP contribution in [0.3, 0.4) is 0 Å². The summed E-state index contributed by atoms with van der Waals surface area (Å²) >= 11 is 0. The number of ether oxygens (including phenoxy) is 2. The van der Waals surface area contributed by atoms with Crippen LogP contribution < -0.4 is 10.1 Å². The van der Waals surface area contributed by atoms with Gasteiger partial charge in [-0.1, -0.05) is 24.3 Å². The van der Waals surface area contributed by atoms with Gasteiger partial charge in [0.1, 0.15) is 5.75 Å². The fourth-order valence-electron chi connectivity index (χ4n) is 2.71. The Bertz CT molecular complexity index is 969. The lowest BCUT2D eigenvalue weighted by atomic mass is 10.0. The third kappa shape index (κ3) is 3.35. The van der Waals surface area contributed by atoms with Gasteiger partial charge in [-0.3, -0.25) is 4.79 Å². The van der Waals surface area contributed by atoms with Crippen LogP contribution in [0.4, 0.5) is 5.69 Å². The summed E-state index contributed by atoms with van der Waals surface area (Å²) in [6.07, 6.45) is 1.47. The topological polar surface area (TPSA) is 77.5 Å². The monoisotopic (exact) mass is 350 g/mol. The van der Waals surface area contributed by atoms with Crippen LogP contribution in [-0.2, 0) is 4.74 Å². The number of pyridine rings is 1. The molecule has 3 rings (SSSR count). The summed E-state index contributed by atoms with van der Waals surface area (Å²) in [5.74, 6) is -0.240. The van der Waals surface area contributed by atoms with Crippen LogP contribution in [0.15, 0.2) is 54.7 Å². The minimum Gasteiger partial charge on any atom is -0.493 e. The first kappa shape index (κ1) is 17.4. The van der Waals surface area contributed by atoms with Crippen LogP contribution >= 0.6 is 0 Å². The van der Waals surface area contributed by atoms with Gasteiger partial charge in [0.25, 0.3) is 5.91 Å². The number of rotatable bonds is 5. The van der Waals surface area contributed by atoms with E-state index in [1.165, 1.54) is 13.3 Å². The maximum atomic E-state index is 12.8. The number of fused-ring (bicyclic) bond motifs is 1. The Kier molecular flexibility index (Phi) is 5.12. The van der Waals surface area contributed by atoms with Gasteiger partial charge in [-0.25, -0.2) is 9.78 Å². The number of aromatic nitrogens is 1. The molecule has 0 radical (unpaired) electrons. The first-order valence-electron chi connectivity index (χ1n) is 8.15. The average Bonchev–Trinajstić information content (AvgIpc) is 2.68. The molecule has 1 N–H and O–H groups in total. The van der Waals surface area contributed by atoms with E-state index in [2.05, 4.69) is 10.3 Å². The highest BCUT2D eigenvalue weighted by Gasteiger charge is 2.18. The van der Waals surface area contributed by atoms with Gasteiger partial charge in [0, 0.05) is 17.1 Å². The number of esters is 1. The smallest absolute Gasteiger partial charge is 0.358 e. The number of benzene rings is 2. The second kappa shape index (κ2) is 7.65. The van der Waals surface area contributed by atoms with Crippen LogP contribution in [0.5, 0.6) is 5.75 Å². The predicted octanol–water partition coefficient (Wildman–Crippen LogP) is 3.67. The van der Waals surface area contributed by atoms with Crippen LogP contribution in [0.25, 0.3) is 10.8 Å². The molecule has 6 nitrogen and oxygen atoms in total. The van der Waals surface area contributed by atoms with Crippen molar-refractivity contribution in [3.05, 3.63) is 66.0 Å². The van der Waals surface area contributed by atoms with Crippen LogP contribution in [-0.4, -0.2) is 30.6 Å². The second-order valence-corrected chi connectivity index (χ2v) is 5.44. The Morgan fingerprint density at radius 3 is 2.54 bits per heavy atom. The summed E-state index contributed by atoms with van der Waals surface area (Å²) in [5.41, 5.74) is 0.824. The van der Waals surface area contributed by atoms with E-state index in [-0.39, 0.29) is 11.6 Å². The Balaban J connectivity index is 2.00. The second-order valence-electron chi connectivity index (χ2n) is 5.44. The number of amides is 1. The fraction of sp³-hybridized carbons (Fsp3) is 0.150. The Morgan fingerprint density at radius 2 is 1.81 bits per heavy atom. The zero-order valence-corrected chi connectivity index (χ0v) is 14.5. The maximum absolute atomic E-state index is 12.8. The van der Waals surface area contributed by atoms with Crippen molar-refractivity contribution >= 4 is 28.3 Å². The van der Waals surface area contributed by atoms with E-state index < -0.39 is 5.97 Å². The molecule has 0 aliphatic heterocycles. The van der Waals surface area contributed by atoms with Gasteiger partial charge in [0.15, 0.2) is 5.69 Å². The number of carbonyl (C=O) groups is 2. The normalized spacial score (nSPS) is 10.4. The molecule has 0 saturated carbocycles. The van der Waals surface area contributed by atoms with Gasteiger partial charge < -0.3 is 14.8 Å². The van der Waals surface area contributed by atoms with E-state index in [4.69, 9.17) is 9.47 Å². The summed E-state index contributed by atoms with van der Waals surface area (Å²) in [5, 5.41) is 4.35. The van der Waals surface area contributed by atoms with E-state index in [1.54, 1.807) is 24.3 Å². The molecule has 0 fully saturated rings. The minimum absolute atomic E-state index is 0.0543. The van der Waals surface area contributed by atoms with Gasteiger partial charge in [0.05, 0.1) is 19.4 Å². The van der Waals surface area contributed by atoms with E-state index >= 15 is 0 Å². The SMILES string of the molecule is CCOc1ccc(C(=O)Nc2cccnc2C(=O)OC)c2ccccc12. The van der Waals surface area contributed by atoms with Gasteiger partial charge in [-0.15, -0.1) is 0 Å². The Morgan fingerprint density at radius 1 is 1.04 bits per heavy atom. The molecule has 0 aliphatic carbocycles. The molecule has 6 heteroatoms. The van der Waals surface area contributed by atoms with Crippen LogP contribution in [0.1, 0.15) is 27.8 Å². The van der Waals surface area contributed by atoms with Gasteiger partial charge in [0.2, 0.25) is 0 Å². The van der Waals surface area contributed by atoms with Crippen molar-refractivity contribution < 1.29 is 19.1 Å². The quantitative estimate of drug-likeness (QED) is 0.710. The van der Waals surface area contributed by atoms with Crippen molar-refractivity contribution in [2.24, 2.45) is 0 Å². The maximum Gasteiger partial charge on any atom is 0.358 e. The minimum atomic E-state index is -0.613.